The van der Waals surface area contributed by atoms with Gasteiger partial charge in [0.1, 0.15) is 19.3 Å². The zero-order valence-corrected chi connectivity index (χ0v) is 68.2. The lowest BCUT2D eigenvalue weighted by Crippen LogP contribution is -2.30. The van der Waals surface area contributed by atoms with Crippen molar-refractivity contribution in [1.82, 2.24) is 0 Å². The fraction of sp³-hybridized carbons (Fsp3) is 0.573. The number of carbonyl (C=O) groups excluding carboxylic acids is 4. The predicted octanol–water partition coefficient (Wildman–Crippen LogP) is 23.9. The molecule has 0 aromatic carbocycles. The maximum Gasteiger partial charge on any atom is 0.472 e. The van der Waals surface area contributed by atoms with E-state index in [0.717, 1.165) is 180 Å². The van der Waals surface area contributed by atoms with Crippen LogP contribution in [0.3, 0.4) is 0 Å². The van der Waals surface area contributed by atoms with E-state index in [-0.39, 0.29) is 25.7 Å². The van der Waals surface area contributed by atoms with Gasteiger partial charge in [0.25, 0.3) is 0 Å². The van der Waals surface area contributed by atoms with Crippen LogP contribution < -0.4 is 0 Å². The lowest BCUT2D eigenvalue weighted by atomic mass is 10.1. The summed E-state index contributed by atoms with van der Waals surface area (Å²) in [7, 11) is -10.0. The summed E-state index contributed by atoms with van der Waals surface area (Å²) in [6.45, 7) is 4.22. The number of unbranched alkanes of at least 4 members (excludes halogenated alkanes) is 13. The molecule has 0 bridgehead atoms. The maximum atomic E-state index is 13.1. The summed E-state index contributed by atoms with van der Waals surface area (Å²) in [5.41, 5.74) is 0. The van der Waals surface area contributed by atoms with E-state index in [2.05, 4.69) is 210 Å². The fourth-order valence-corrected chi connectivity index (χ4v) is 11.3. The molecule has 0 aliphatic carbocycles. The molecule has 0 spiro atoms. The predicted molar refractivity (Wildman–Crippen MR) is 445 cm³/mol. The Bertz CT molecular complexity index is 2860. The van der Waals surface area contributed by atoms with Gasteiger partial charge in [-0.15, -0.1) is 0 Å². The molecule has 5 unspecified atom stereocenters. The molecule has 0 aliphatic heterocycles. The van der Waals surface area contributed by atoms with Crippen LogP contribution in [0.1, 0.15) is 272 Å². The first kappa shape index (κ1) is 102. The number of phosphoric acid groups is 2. The Morgan fingerprint density at radius 3 is 0.741 bits per heavy atom. The Morgan fingerprint density at radius 1 is 0.259 bits per heavy atom. The average molecular weight is 1540 g/mol. The Balaban J connectivity index is 5.54. The van der Waals surface area contributed by atoms with E-state index in [9.17, 15) is 43.2 Å². The molecule has 0 saturated heterocycles. The minimum Gasteiger partial charge on any atom is -0.462 e. The van der Waals surface area contributed by atoms with Crippen molar-refractivity contribution >= 4 is 39.5 Å². The molecule has 0 aromatic rings. The van der Waals surface area contributed by atoms with E-state index in [1.54, 1.807) is 0 Å². The lowest BCUT2D eigenvalue weighted by molar-refractivity contribution is -0.161. The van der Waals surface area contributed by atoms with E-state index in [1.165, 1.54) is 0 Å². The van der Waals surface area contributed by atoms with Crippen LogP contribution in [-0.2, 0) is 65.4 Å². The van der Waals surface area contributed by atoms with Gasteiger partial charge in [0, 0.05) is 25.7 Å². The molecule has 108 heavy (non-hydrogen) atoms. The third-order valence-corrected chi connectivity index (χ3v) is 17.6. The summed E-state index contributed by atoms with van der Waals surface area (Å²) >= 11 is 0. The van der Waals surface area contributed by atoms with Crippen LogP contribution in [0.5, 0.6) is 0 Å². The molecular formula is C89H140O17P2. The highest BCUT2D eigenvalue weighted by molar-refractivity contribution is 7.47. The van der Waals surface area contributed by atoms with E-state index < -0.39 is 97.5 Å². The van der Waals surface area contributed by atoms with Gasteiger partial charge in [-0.05, 0) is 173 Å². The summed E-state index contributed by atoms with van der Waals surface area (Å²) in [6.07, 6.45) is 98.2. The minimum absolute atomic E-state index is 0.00497. The summed E-state index contributed by atoms with van der Waals surface area (Å²) in [5, 5.41) is 10.7. The number of ether oxygens (including phenoxy) is 4. The molecule has 0 radical (unpaired) electrons. The second kappa shape index (κ2) is 78.8. The molecule has 0 aromatic heterocycles. The zero-order chi connectivity index (χ0) is 78.9. The lowest BCUT2D eigenvalue weighted by Gasteiger charge is -2.21. The number of aliphatic hydroxyl groups is 1. The molecular weight excluding hydrogens is 1400 g/mol. The number of rotatable bonds is 73. The molecule has 608 valence electrons. The van der Waals surface area contributed by atoms with Crippen LogP contribution >= 0.6 is 15.6 Å². The molecule has 0 amide bonds. The van der Waals surface area contributed by atoms with Crippen LogP contribution in [0.15, 0.2) is 207 Å². The molecule has 19 heteroatoms. The first-order valence-corrected chi connectivity index (χ1v) is 43.3. The zero-order valence-electron chi connectivity index (χ0n) is 66.4. The van der Waals surface area contributed by atoms with Crippen LogP contribution in [0.4, 0.5) is 0 Å². The van der Waals surface area contributed by atoms with Crippen LogP contribution in [0, 0.1) is 0 Å². The van der Waals surface area contributed by atoms with Crippen LogP contribution in [0.2, 0.25) is 0 Å². The number of esters is 4. The maximum absolute atomic E-state index is 13.1. The third kappa shape index (κ3) is 77.8. The topological polar surface area (TPSA) is 237 Å². The number of aliphatic hydroxyl groups excluding tert-OH is 1. The second-order valence-electron chi connectivity index (χ2n) is 25.8. The Hall–Kier alpha value is -6.36. The Morgan fingerprint density at radius 2 is 0.463 bits per heavy atom. The molecule has 17 nitrogen and oxygen atoms in total. The van der Waals surface area contributed by atoms with Crippen molar-refractivity contribution in [2.24, 2.45) is 0 Å². The number of phosphoric ester groups is 2. The van der Waals surface area contributed by atoms with Crippen molar-refractivity contribution in [2.75, 3.05) is 39.6 Å². The largest absolute Gasteiger partial charge is 0.472 e. The van der Waals surface area contributed by atoms with Gasteiger partial charge in [-0.2, -0.15) is 0 Å². The molecule has 0 heterocycles. The quantitative estimate of drug-likeness (QED) is 0.0169. The van der Waals surface area contributed by atoms with Crippen molar-refractivity contribution in [2.45, 2.75) is 290 Å². The molecule has 0 saturated carbocycles. The standard InChI is InChI=1S/C89H140O17P2/c1-5-9-13-17-21-25-29-33-37-41-45-49-53-57-61-65-69-73-86(91)99-79-84(105-88(93)75-71-67-63-59-55-51-47-43-39-35-31-27-23-19-15-11-7-3)81-103-107(95,96)101-77-83(90)78-102-108(97,98)104-82-85(106-89(94)76-72-68-64-60-56-52-48-44-40-36-32-28-24-20-16-12-8-4)80-100-87(92)74-70-66-62-58-54-50-46-42-38-34-30-26-22-18-14-10-6-2/h9-16,21-28,33-40,45-47,49-51,57,59,61,63,83-85,90H,5-8,17-20,29-32,41-44,48,52-56,58,60,62,64-82H2,1-4H3,(H,95,96)(H,97,98)/b13-9-,14-10-,15-11-,16-12-,25-21-,26-22-,27-23-,28-24-,37-33-,38-34-,39-35-,40-36-,49-45-,50-46-,51-47-,61-57-,63-59-. The highest BCUT2D eigenvalue weighted by atomic mass is 31.2. The number of hydrogen-bond donors (Lipinski definition) is 3. The third-order valence-electron chi connectivity index (χ3n) is 15.7. The monoisotopic (exact) mass is 1540 g/mol. The van der Waals surface area contributed by atoms with E-state index >= 15 is 0 Å². The first-order chi connectivity index (χ1) is 52.7. The van der Waals surface area contributed by atoms with E-state index in [0.29, 0.717) is 38.5 Å². The molecule has 5 atom stereocenters. The van der Waals surface area contributed by atoms with Gasteiger partial charge < -0.3 is 33.8 Å². The van der Waals surface area contributed by atoms with Gasteiger partial charge in [0.05, 0.1) is 26.4 Å². The second-order valence-corrected chi connectivity index (χ2v) is 28.7. The highest BCUT2D eigenvalue weighted by Crippen LogP contribution is 2.45. The Kier molecular flexibility index (Phi) is 74.1. The molecule has 0 fully saturated rings. The van der Waals surface area contributed by atoms with Crippen molar-refractivity contribution in [3.8, 4) is 0 Å². The highest BCUT2D eigenvalue weighted by Gasteiger charge is 2.30. The SMILES string of the molecule is CC/C=C\C/C=C\C/C=C\C/C=C\C/C=C\CCCC(=O)OCC(COP(=O)(O)OCC(O)COP(=O)(O)OCC(COC(=O)CCCCCC/C=C\C/C=C\C/C=C\C/C=C\CC)OC(=O)CCCCCCCCC/C=C\C/C=C\C/C=C\CC)OC(=O)CCC/C=C\C/C=C\C/C=C\C/C=C\C/C=C\CC. The van der Waals surface area contributed by atoms with Gasteiger partial charge in [-0.1, -0.05) is 279 Å². The van der Waals surface area contributed by atoms with Crippen LogP contribution in [0.25, 0.3) is 0 Å². The van der Waals surface area contributed by atoms with Gasteiger partial charge in [0.15, 0.2) is 12.2 Å². The average Bonchev–Trinajstić information content (AvgIpc) is 0.880. The minimum atomic E-state index is -5.02. The molecule has 0 rings (SSSR count). The fourth-order valence-electron chi connectivity index (χ4n) is 9.77. The van der Waals surface area contributed by atoms with Gasteiger partial charge in [0.2, 0.25) is 0 Å². The normalized spacial score (nSPS) is 14.9. The summed E-state index contributed by atoms with van der Waals surface area (Å²) in [4.78, 5) is 73.1. The molecule has 0 aliphatic rings. The number of allylic oxidation sites excluding steroid dienone is 34. The van der Waals surface area contributed by atoms with Crippen molar-refractivity contribution < 1.29 is 80.2 Å². The van der Waals surface area contributed by atoms with Crippen molar-refractivity contribution in [3.63, 3.8) is 0 Å². The van der Waals surface area contributed by atoms with Crippen molar-refractivity contribution in [1.29, 1.82) is 0 Å². The van der Waals surface area contributed by atoms with Gasteiger partial charge >= 0.3 is 39.5 Å². The summed E-state index contributed by atoms with van der Waals surface area (Å²) in [5.74, 6) is -2.37. The van der Waals surface area contributed by atoms with Crippen molar-refractivity contribution in [3.05, 3.63) is 207 Å². The molecule has 3 N–H and O–H groups in total. The van der Waals surface area contributed by atoms with Gasteiger partial charge in [-0.3, -0.25) is 37.3 Å². The summed E-state index contributed by atoms with van der Waals surface area (Å²) in [6, 6.07) is 0. The van der Waals surface area contributed by atoms with Gasteiger partial charge in [-0.25, -0.2) is 9.13 Å². The number of carbonyl (C=O) groups is 4. The van der Waals surface area contributed by atoms with E-state index in [4.69, 9.17) is 37.0 Å². The van der Waals surface area contributed by atoms with E-state index in [1.807, 2.05) is 24.3 Å². The first-order valence-electron chi connectivity index (χ1n) is 40.3. The number of hydrogen-bond acceptors (Lipinski definition) is 15. The Labute approximate surface area is 652 Å². The smallest absolute Gasteiger partial charge is 0.462 e. The summed E-state index contributed by atoms with van der Waals surface area (Å²) < 4.78 is 68.5. The van der Waals surface area contributed by atoms with Crippen LogP contribution in [-0.4, -0.2) is 96.7 Å².